The summed E-state index contributed by atoms with van der Waals surface area (Å²) in [6.07, 6.45) is 5.45. The van der Waals surface area contributed by atoms with E-state index in [0.717, 1.165) is 49.4 Å². The number of rotatable bonds is 7. The van der Waals surface area contributed by atoms with Crippen LogP contribution in [0.15, 0.2) is 59.7 Å². The Hall–Kier alpha value is -3.69. The maximum atomic E-state index is 12.3. The van der Waals surface area contributed by atoms with E-state index in [1.165, 1.54) is 5.56 Å². The predicted molar refractivity (Wildman–Crippen MR) is 131 cm³/mol. The first-order chi connectivity index (χ1) is 16.7. The summed E-state index contributed by atoms with van der Waals surface area (Å²) < 4.78 is 7.39. The van der Waals surface area contributed by atoms with Crippen molar-refractivity contribution in [2.45, 2.75) is 18.8 Å². The number of piperidine rings is 1. The number of hydrogen-bond acceptors (Lipinski definition) is 7. The van der Waals surface area contributed by atoms with E-state index in [2.05, 4.69) is 37.4 Å². The highest BCUT2D eigenvalue weighted by Gasteiger charge is 2.21. The van der Waals surface area contributed by atoms with E-state index < -0.39 is 0 Å². The van der Waals surface area contributed by atoms with Gasteiger partial charge in [-0.25, -0.2) is 9.50 Å². The Labute approximate surface area is 197 Å². The SMILES string of the molecule is COc1cc(C2CCN(CCO)CC2)ccc1Nc1ncc2ccc(-c3ccc[nH]c3=O)n2n1. The standard InChI is InChI=1S/C25H28N6O3/c1-34-23-15-18(17-8-11-30(12-9-17)13-14-32)4-6-21(23)28-25-27-16-19-5-7-22(31(19)29-25)20-3-2-10-26-24(20)33/h2-7,10,15-17,32H,8-9,11-14H2,1H3,(H,26,33)(H,28,29). The van der Waals surface area contributed by atoms with Crippen molar-refractivity contribution in [3.05, 3.63) is 70.8 Å². The minimum absolute atomic E-state index is 0.171. The highest BCUT2D eigenvalue weighted by atomic mass is 16.5. The van der Waals surface area contributed by atoms with E-state index in [0.29, 0.717) is 23.1 Å². The Morgan fingerprint density at radius 3 is 2.82 bits per heavy atom. The zero-order valence-electron chi connectivity index (χ0n) is 19.1. The Kier molecular flexibility index (Phi) is 6.29. The highest BCUT2D eigenvalue weighted by molar-refractivity contribution is 5.67. The van der Waals surface area contributed by atoms with Gasteiger partial charge in [0, 0.05) is 12.7 Å². The topological polar surface area (TPSA) is 108 Å². The van der Waals surface area contributed by atoms with Gasteiger partial charge in [-0.05, 0) is 73.8 Å². The maximum absolute atomic E-state index is 12.3. The molecule has 0 unspecified atom stereocenters. The number of aromatic nitrogens is 4. The van der Waals surface area contributed by atoms with Crippen LogP contribution in [-0.2, 0) is 0 Å². The van der Waals surface area contributed by atoms with Gasteiger partial charge in [-0.1, -0.05) is 6.07 Å². The number of hydrogen-bond donors (Lipinski definition) is 3. The first kappa shape index (κ1) is 22.1. The van der Waals surface area contributed by atoms with E-state index in [9.17, 15) is 4.79 Å². The van der Waals surface area contributed by atoms with Crippen LogP contribution in [0.1, 0.15) is 24.3 Å². The lowest BCUT2D eigenvalue weighted by Crippen LogP contribution is -2.34. The number of fused-ring (bicyclic) bond motifs is 1. The molecule has 1 aromatic carbocycles. The molecule has 3 aromatic heterocycles. The molecular weight excluding hydrogens is 432 g/mol. The second-order valence-corrected chi connectivity index (χ2v) is 8.47. The van der Waals surface area contributed by atoms with Gasteiger partial charge >= 0.3 is 0 Å². The lowest BCUT2D eigenvalue weighted by molar-refractivity contribution is 0.164. The van der Waals surface area contributed by atoms with Crippen molar-refractivity contribution in [2.75, 3.05) is 38.7 Å². The summed E-state index contributed by atoms with van der Waals surface area (Å²) in [5.41, 5.74) is 3.87. The van der Waals surface area contributed by atoms with E-state index in [-0.39, 0.29) is 12.2 Å². The summed E-state index contributed by atoms with van der Waals surface area (Å²) >= 11 is 0. The van der Waals surface area contributed by atoms with Gasteiger partial charge in [0.15, 0.2) is 0 Å². The molecule has 4 aromatic rings. The number of likely N-dealkylation sites (tertiary alicyclic amines) is 1. The van der Waals surface area contributed by atoms with E-state index in [4.69, 9.17) is 9.84 Å². The van der Waals surface area contributed by atoms with Crippen molar-refractivity contribution in [3.63, 3.8) is 0 Å². The molecule has 9 heteroatoms. The molecule has 0 saturated carbocycles. The van der Waals surface area contributed by atoms with Crippen molar-refractivity contribution in [2.24, 2.45) is 0 Å². The van der Waals surface area contributed by atoms with Crippen LogP contribution in [-0.4, -0.2) is 62.9 Å². The third kappa shape index (κ3) is 4.40. The number of nitrogens with one attached hydrogen (secondary N) is 2. The Balaban J connectivity index is 1.39. The number of benzene rings is 1. The number of ether oxygens (including phenoxy) is 1. The monoisotopic (exact) mass is 460 g/mol. The molecule has 176 valence electrons. The number of aliphatic hydroxyl groups is 1. The second kappa shape index (κ2) is 9.66. The summed E-state index contributed by atoms with van der Waals surface area (Å²) in [6.45, 7) is 2.93. The van der Waals surface area contributed by atoms with Crippen molar-refractivity contribution >= 4 is 17.2 Å². The minimum atomic E-state index is -0.171. The maximum Gasteiger partial charge on any atom is 0.257 e. The molecule has 0 aliphatic carbocycles. The van der Waals surface area contributed by atoms with Crippen LogP contribution in [0.25, 0.3) is 16.8 Å². The fourth-order valence-corrected chi connectivity index (χ4v) is 4.60. The molecule has 0 atom stereocenters. The summed E-state index contributed by atoms with van der Waals surface area (Å²) in [6, 6.07) is 13.5. The summed E-state index contributed by atoms with van der Waals surface area (Å²) in [5, 5.41) is 17.0. The molecule has 3 N–H and O–H groups in total. The van der Waals surface area contributed by atoms with Gasteiger partial charge in [0.2, 0.25) is 5.95 Å². The van der Waals surface area contributed by atoms with Crippen molar-refractivity contribution in [1.29, 1.82) is 0 Å². The molecule has 0 bridgehead atoms. The van der Waals surface area contributed by atoms with Crippen LogP contribution in [0.4, 0.5) is 11.6 Å². The number of aromatic amines is 1. The molecule has 4 heterocycles. The van der Waals surface area contributed by atoms with Crippen LogP contribution in [0, 0.1) is 0 Å². The number of pyridine rings is 1. The normalized spacial score (nSPS) is 15.0. The Morgan fingerprint density at radius 1 is 1.21 bits per heavy atom. The average Bonchev–Trinajstić information content (AvgIpc) is 3.28. The molecule has 0 spiro atoms. The van der Waals surface area contributed by atoms with Crippen molar-refractivity contribution < 1.29 is 9.84 Å². The molecule has 1 aliphatic rings. The van der Waals surface area contributed by atoms with Crippen LogP contribution in [0.5, 0.6) is 5.75 Å². The van der Waals surface area contributed by atoms with Gasteiger partial charge < -0.3 is 25.0 Å². The van der Waals surface area contributed by atoms with E-state index >= 15 is 0 Å². The third-order valence-corrected chi connectivity index (χ3v) is 6.44. The lowest BCUT2D eigenvalue weighted by atomic mass is 9.89. The fraction of sp³-hybridized carbons (Fsp3) is 0.320. The van der Waals surface area contributed by atoms with E-state index in [1.54, 1.807) is 36.2 Å². The first-order valence-corrected chi connectivity index (χ1v) is 11.5. The Morgan fingerprint density at radius 2 is 2.06 bits per heavy atom. The zero-order chi connectivity index (χ0) is 23.5. The average molecular weight is 461 g/mol. The zero-order valence-corrected chi connectivity index (χ0v) is 19.1. The Bertz CT molecular complexity index is 1340. The summed E-state index contributed by atoms with van der Waals surface area (Å²) in [5.74, 6) is 1.60. The molecular formula is C25H28N6O3. The largest absolute Gasteiger partial charge is 0.495 e. The molecule has 5 rings (SSSR count). The third-order valence-electron chi connectivity index (χ3n) is 6.44. The predicted octanol–water partition coefficient (Wildman–Crippen LogP) is 3.01. The number of β-amino-alcohol motifs (C(OH)–C–C–N with tert-alkyl or cyclic N) is 1. The van der Waals surface area contributed by atoms with Gasteiger partial charge in [-0.2, -0.15) is 0 Å². The van der Waals surface area contributed by atoms with Gasteiger partial charge in [-0.3, -0.25) is 4.79 Å². The second-order valence-electron chi connectivity index (χ2n) is 8.47. The molecule has 9 nitrogen and oxygen atoms in total. The van der Waals surface area contributed by atoms with Gasteiger partial charge in [-0.15, -0.1) is 5.10 Å². The first-order valence-electron chi connectivity index (χ1n) is 11.5. The van der Waals surface area contributed by atoms with Crippen LogP contribution in [0.3, 0.4) is 0 Å². The highest BCUT2D eigenvalue weighted by Crippen LogP contribution is 2.34. The van der Waals surface area contributed by atoms with Gasteiger partial charge in [0.25, 0.3) is 5.56 Å². The van der Waals surface area contributed by atoms with E-state index in [1.807, 2.05) is 18.2 Å². The van der Waals surface area contributed by atoms with Crippen LogP contribution >= 0.6 is 0 Å². The van der Waals surface area contributed by atoms with Crippen LogP contribution in [0.2, 0.25) is 0 Å². The summed E-state index contributed by atoms with van der Waals surface area (Å²) in [4.78, 5) is 21.7. The molecule has 1 aliphatic heterocycles. The number of aliphatic hydroxyl groups excluding tert-OH is 1. The molecule has 34 heavy (non-hydrogen) atoms. The number of methoxy groups -OCH3 is 1. The molecule has 0 radical (unpaired) electrons. The lowest BCUT2D eigenvalue weighted by Gasteiger charge is -2.31. The smallest absolute Gasteiger partial charge is 0.257 e. The van der Waals surface area contributed by atoms with Crippen molar-refractivity contribution in [3.8, 4) is 17.0 Å². The van der Waals surface area contributed by atoms with Gasteiger partial charge in [0.05, 0.1) is 42.4 Å². The quantitative estimate of drug-likeness (QED) is 0.389. The van der Waals surface area contributed by atoms with Gasteiger partial charge in [0.1, 0.15) is 5.75 Å². The molecule has 0 amide bonds. The molecule has 1 saturated heterocycles. The fourth-order valence-electron chi connectivity index (χ4n) is 4.60. The molecule has 1 fully saturated rings. The van der Waals surface area contributed by atoms with Crippen LogP contribution < -0.4 is 15.6 Å². The number of nitrogens with zero attached hydrogens (tertiary/aromatic N) is 4. The number of H-pyrrole nitrogens is 1. The number of anilines is 2. The van der Waals surface area contributed by atoms with Crippen molar-refractivity contribution in [1.82, 2.24) is 24.5 Å². The summed E-state index contributed by atoms with van der Waals surface area (Å²) in [7, 11) is 1.66. The minimum Gasteiger partial charge on any atom is -0.495 e.